The minimum atomic E-state index is -3.83. The minimum absolute atomic E-state index is 0.0291. The first kappa shape index (κ1) is 21.3. The topological polar surface area (TPSA) is 89.7 Å². The fourth-order valence-corrected chi connectivity index (χ4v) is 4.67. The molecule has 0 spiro atoms. The number of ether oxygens (including phenoxy) is 3. The molecule has 1 aromatic heterocycles. The molecule has 7 nitrogen and oxygen atoms in total. The Labute approximate surface area is 175 Å². The van der Waals surface area contributed by atoms with Gasteiger partial charge in [0, 0.05) is 35.3 Å². The molecule has 0 atom stereocenters. The van der Waals surface area contributed by atoms with Crippen molar-refractivity contribution in [3.8, 4) is 17.2 Å². The highest BCUT2D eigenvalue weighted by atomic mass is 35.5. The van der Waals surface area contributed by atoms with Crippen LogP contribution in [0.15, 0.2) is 35.2 Å². The average molecular weight is 439 g/mol. The number of benzene rings is 2. The summed E-state index contributed by atoms with van der Waals surface area (Å²) in [6.45, 7) is 2.17. The summed E-state index contributed by atoms with van der Waals surface area (Å²) >= 11 is 6.07. The number of fused-ring (bicyclic) bond motifs is 1. The number of hydrogen-bond donors (Lipinski definition) is 2. The molecule has 0 unspecified atom stereocenters. The van der Waals surface area contributed by atoms with Crippen molar-refractivity contribution in [3.63, 3.8) is 0 Å². The van der Waals surface area contributed by atoms with Gasteiger partial charge in [0.05, 0.1) is 26.4 Å². The van der Waals surface area contributed by atoms with Crippen LogP contribution in [0.3, 0.4) is 0 Å². The zero-order chi connectivity index (χ0) is 21.2. The maximum Gasteiger partial charge on any atom is 0.244 e. The lowest BCUT2D eigenvalue weighted by molar-refractivity contribution is 0.392. The molecule has 29 heavy (non-hydrogen) atoms. The van der Waals surface area contributed by atoms with Crippen molar-refractivity contribution < 1.29 is 22.6 Å². The first-order valence-corrected chi connectivity index (χ1v) is 10.7. The van der Waals surface area contributed by atoms with Crippen LogP contribution in [0.25, 0.3) is 10.9 Å². The Kier molecular flexibility index (Phi) is 6.26. The number of sulfonamides is 1. The van der Waals surface area contributed by atoms with Crippen molar-refractivity contribution in [1.29, 1.82) is 0 Å². The van der Waals surface area contributed by atoms with Gasteiger partial charge in [-0.15, -0.1) is 0 Å². The lowest BCUT2D eigenvalue weighted by Crippen LogP contribution is -2.26. The van der Waals surface area contributed by atoms with Gasteiger partial charge in [0.25, 0.3) is 0 Å². The number of hydrogen-bond acceptors (Lipinski definition) is 5. The number of aromatic amines is 1. The first-order valence-electron chi connectivity index (χ1n) is 8.87. The summed E-state index contributed by atoms with van der Waals surface area (Å²) < 4.78 is 44.0. The van der Waals surface area contributed by atoms with Crippen LogP contribution >= 0.6 is 11.6 Å². The highest BCUT2D eigenvalue weighted by molar-refractivity contribution is 7.89. The quantitative estimate of drug-likeness (QED) is 0.560. The molecule has 2 aromatic carbocycles. The Morgan fingerprint density at radius 3 is 2.41 bits per heavy atom. The second kappa shape index (κ2) is 8.52. The third kappa shape index (κ3) is 4.29. The van der Waals surface area contributed by atoms with Gasteiger partial charge in [-0.3, -0.25) is 0 Å². The molecular formula is C20H23ClN2O5S. The van der Waals surface area contributed by atoms with Crippen LogP contribution in [-0.4, -0.2) is 41.3 Å². The van der Waals surface area contributed by atoms with E-state index >= 15 is 0 Å². The third-order valence-corrected chi connectivity index (χ3v) is 6.50. The molecule has 0 aliphatic rings. The van der Waals surface area contributed by atoms with E-state index in [4.69, 9.17) is 25.8 Å². The van der Waals surface area contributed by atoms with Crippen molar-refractivity contribution in [2.24, 2.45) is 0 Å². The fourth-order valence-electron chi connectivity index (χ4n) is 3.24. The molecule has 2 N–H and O–H groups in total. The van der Waals surface area contributed by atoms with Crippen molar-refractivity contribution in [1.82, 2.24) is 9.71 Å². The second-order valence-electron chi connectivity index (χ2n) is 6.43. The Hall–Kier alpha value is -2.42. The highest BCUT2D eigenvalue weighted by Gasteiger charge is 2.22. The van der Waals surface area contributed by atoms with Gasteiger partial charge >= 0.3 is 0 Å². The fraction of sp³-hybridized carbons (Fsp3) is 0.300. The Morgan fingerprint density at radius 1 is 1.03 bits per heavy atom. The van der Waals surface area contributed by atoms with E-state index < -0.39 is 10.0 Å². The summed E-state index contributed by atoms with van der Waals surface area (Å²) in [5.41, 5.74) is 2.99. The molecule has 0 saturated heterocycles. The standard InChI is InChI=1S/C20H23ClN2O5S/c1-12-14(15-9-13(26-2)5-6-17(15)23-12)7-8-22-29(24,25)20-11-18(27-3)16(21)10-19(20)28-4/h5-6,9-11,22-23H,7-8H2,1-4H3. The van der Waals surface area contributed by atoms with Gasteiger partial charge in [-0.2, -0.15) is 0 Å². The summed E-state index contributed by atoms with van der Waals surface area (Å²) in [6, 6.07) is 8.54. The number of aryl methyl sites for hydroxylation is 1. The molecule has 0 bridgehead atoms. The van der Waals surface area contributed by atoms with Crippen molar-refractivity contribution in [2.75, 3.05) is 27.9 Å². The van der Waals surface area contributed by atoms with E-state index in [9.17, 15) is 8.42 Å². The van der Waals surface area contributed by atoms with Crippen molar-refractivity contribution in [3.05, 3.63) is 46.6 Å². The normalized spacial score (nSPS) is 11.6. The van der Waals surface area contributed by atoms with E-state index in [-0.39, 0.29) is 28.0 Å². The zero-order valence-electron chi connectivity index (χ0n) is 16.6. The third-order valence-electron chi connectivity index (χ3n) is 4.72. The van der Waals surface area contributed by atoms with E-state index in [1.54, 1.807) is 7.11 Å². The number of nitrogens with one attached hydrogen (secondary N) is 2. The number of aromatic nitrogens is 1. The van der Waals surface area contributed by atoms with E-state index in [1.165, 1.54) is 26.4 Å². The summed E-state index contributed by atoms with van der Waals surface area (Å²) in [6.07, 6.45) is 0.505. The number of halogens is 1. The predicted octanol–water partition coefficient (Wildman–Crippen LogP) is 3.68. The molecule has 0 saturated carbocycles. The molecule has 0 aliphatic carbocycles. The average Bonchev–Trinajstić information content (AvgIpc) is 3.01. The number of rotatable bonds is 8. The van der Waals surface area contributed by atoms with Crippen molar-refractivity contribution >= 4 is 32.5 Å². The zero-order valence-corrected chi connectivity index (χ0v) is 18.2. The molecule has 9 heteroatoms. The van der Waals surface area contributed by atoms with Gasteiger partial charge in [0.1, 0.15) is 22.1 Å². The molecule has 0 amide bonds. The largest absolute Gasteiger partial charge is 0.497 e. The van der Waals surface area contributed by atoms with Crippen LogP contribution in [0, 0.1) is 6.92 Å². The van der Waals surface area contributed by atoms with Crippen LogP contribution in [-0.2, 0) is 16.4 Å². The van der Waals surface area contributed by atoms with Gasteiger partial charge in [-0.1, -0.05) is 11.6 Å². The van der Waals surface area contributed by atoms with E-state index in [2.05, 4.69) is 9.71 Å². The molecule has 0 radical (unpaired) electrons. The van der Waals surface area contributed by atoms with Gasteiger partial charge < -0.3 is 19.2 Å². The van der Waals surface area contributed by atoms with Crippen LogP contribution in [0.4, 0.5) is 0 Å². The summed E-state index contributed by atoms with van der Waals surface area (Å²) in [4.78, 5) is 3.28. The molecule has 156 valence electrons. The molecule has 0 fully saturated rings. The van der Waals surface area contributed by atoms with Crippen LogP contribution in [0.5, 0.6) is 17.2 Å². The van der Waals surface area contributed by atoms with E-state index in [0.717, 1.165) is 27.9 Å². The van der Waals surface area contributed by atoms with Gasteiger partial charge in [-0.25, -0.2) is 13.1 Å². The highest BCUT2D eigenvalue weighted by Crippen LogP contribution is 2.35. The maximum absolute atomic E-state index is 12.9. The molecule has 0 aliphatic heterocycles. The predicted molar refractivity (Wildman–Crippen MR) is 113 cm³/mol. The SMILES string of the molecule is COc1ccc2[nH]c(C)c(CCNS(=O)(=O)c3cc(OC)c(Cl)cc3OC)c2c1. The minimum Gasteiger partial charge on any atom is -0.497 e. The van der Waals surface area contributed by atoms with E-state index in [0.29, 0.717) is 6.42 Å². The molecule has 1 heterocycles. The number of methoxy groups -OCH3 is 3. The Balaban J connectivity index is 1.83. The number of H-pyrrole nitrogens is 1. The summed E-state index contributed by atoms with van der Waals surface area (Å²) in [5.74, 6) is 1.15. The first-order chi connectivity index (χ1) is 13.8. The smallest absolute Gasteiger partial charge is 0.244 e. The Morgan fingerprint density at radius 2 is 1.76 bits per heavy atom. The lowest BCUT2D eigenvalue weighted by Gasteiger charge is -2.13. The van der Waals surface area contributed by atoms with Crippen LogP contribution in [0.2, 0.25) is 5.02 Å². The molecular weight excluding hydrogens is 416 g/mol. The van der Waals surface area contributed by atoms with Gasteiger partial charge in [-0.05, 0) is 37.1 Å². The van der Waals surface area contributed by atoms with Crippen LogP contribution in [0.1, 0.15) is 11.3 Å². The maximum atomic E-state index is 12.9. The summed E-state index contributed by atoms with van der Waals surface area (Å²) in [7, 11) is 0.591. The van der Waals surface area contributed by atoms with Crippen molar-refractivity contribution in [2.45, 2.75) is 18.2 Å². The monoisotopic (exact) mass is 438 g/mol. The summed E-state index contributed by atoms with van der Waals surface area (Å²) in [5, 5.41) is 1.28. The molecule has 3 rings (SSSR count). The van der Waals surface area contributed by atoms with Gasteiger partial charge in [0.15, 0.2) is 0 Å². The second-order valence-corrected chi connectivity index (χ2v) is 8.57. The Bertz CT molecular complexity index is 1140. The molecule has 3 aromatic rings. The lowest BCUT2D eigenvalue weighted by atomic mass is 10.1. The van der Waals surface area contributed by atoms with E-state index in [1.807, 2.05) is 25.1 Å². The van der Waals surface area contributed by atoms with Gasteiger partial charge in [0.2, 0.25) is 10.0 Å². The van der Waals surface area contributed by atoms with Crippen LogP contribution < -0.4 is 18.9 Å².